The van der Waals surface area contributed by atoms with E-state index in [4.69, 9.17) is 4.55 Å². The van der Waals surface area contributed by atoms with Gasteiger partial charge in [-0.3, -0.25) is 4.55 Å². The number of hydrogen-bond acceptors (Lipinski definition) is 2. The zero-order valence-electron chi connectivity index (χ0n) is 3.31. The molecule has 0 aliphatic carbocycles. The average Bonchev–Trinajstić information content (AvgIpc) is 1.25. The van der Waals surface area contributed by atoms with Gasteiger partial charge < -0.3 is 0 Å². The number of rotatable bonds is 1. The van der Waals surface area contributed by atoms with Gasteiger partial charge >= 0.3 is 12.9 Å². The first kappa shape index (κ1) is 8.80. The lowest BCUT2D eigenvalue weighted by Gasteiger charge is -2.02. The molecular weight excluding hydrogens is 271 g/mol. The lowest BCUT2D eigenvalue weighted by atomic mass is 11.8. The fourth-order valence-corrected chi connectivity index (χ4v) is 0. The van der Waals surface area contributed by atoms with Crippen LogP contribution < -0.4 is 0 Å². The molecule has 0 heterocycles. The molecule has 0 rings (SSSR count). The predicted molar refractivity (Wildman–Crippen MR) is 33.2 cm³/mol. The quantitative estimate of drug-likeness (QED) is 0.577. The molecule has 7 heteroatoms. The van der Waals surface area contributed by atoms with Gasteiger partial charge in [0.1, 0.15) is 0 Å². The summed E-state index contributed by atoms with van der Waals surface area (Å²) in [6, 6.07) is 0. The van der Waals surface area contributed by atoms with Gasteiger partial charge in [0.2, 0.25) is 0 Å². The summed E-state index contributed by atoms with van der Waals surface area (Å²) in [6.07, 6.45) is 0. The molecule has 0 aromatic rings. The van der Waals surface area contributed by atoms with Crippen LogP contribution in [-0.4, -0.2) is 15.8 Å². The highest BCUT2D eigenvalue weighted by atomic mass is 79.9. The van der Waals surface area contributed by atoms with Crippen LogP contribution in [0.25, 0.3) is 0 Å². The first-order valence-electron chi connectivity index (χ1n) is 1.29. The highest BCUT2D eigenvalue weighted by Gasteiger charge is 2.36. The Morgan fingerprint density at radius 2 is 1.62 bits per heavy atom. The second kappa shape index (κ2) is 2.20. The van der Waals surface area contributed by atoms with Gasteiger partial charge in [0.25, 0.3) is 0 Å². The van der Waals surface area contributed by atoms with E-state index in [1.165, 1.54) is 0 Å². The molecule has 1 N–H and O–H groups in total. The lowest BCUT2D eigenvalue weighted by Crippen LogP contribution is -2.17. The third-order valence-electron chi connectivity index (χ3n) is 0.292. The number of halogens is 3. The smallest absolute Gasteiger partial charge is 0.282 e. The van der Waals surface area contributed by atoms with Crippen molar-refractivity contribution < 1.29 is 17.4 Å². The zero-order valence-corrected chi connectivity index (χ0v) is 7.29. The molecule has 0 atom stereocenters. The Kier molecular flexibility index (Phi) is 2.42. The van der Waals surface area contributed by atoms with Crippen LogP contribution in [0.15, 0.2) is 0 Å². The standard InChI is InChI=1S/CHBr2FO3S/c2-1(3,4)8(5,6)7/h(H,5,6,7). The van der Waals surface area contributed by atoms with Crippen molar-refractivity contribution >= 4 is 42.0 Å². The van der Waals surface area contributed by atoms with E-state index in [0.717, 1.165) is 0 Å². The van der Waals surface area contributed by atoms with Crippen molar-refractivity contribution in [1.82, 2.24) is 0 Å². The Morgan fingerprint density at radius 3 is 1.62 bits per heavy atom. The Hall–Kier alpha value is 0.800. The van der Waals surface area contributed by atoms with Crippen molar-refractivity contribution in [2.24, 2.45) is 0 Å². The molecule has 3 nitrogen and oxygen atoms in total. The summed E-state index contributed by atoms with van der Waals surface area (Å²) in [6.45, 7) is 0. The molecule has 0 aliphatic heterocycles. The van der Waals surface area contributed by atoms with E-state index in [1.807, 2.05) is 31.9 Å². The highest BCUT2D eigenvalue weighted by Crippen LogP contribution is 2.32. The molecule has 0 spiro atoms. The molecule has 0 aliphatic rings. The normalized spacial score (nSPS) is 14.0. The van der Waals surface area contributed by atoms with Gasteiger partial charge in [-0.05, 0) is 31.9 Å². The van der Waals surface area contributed by atoms with Gasteiger partial charge in [-0.25, -0.2) is 0 Å². The van der Waals surface area contributed by atoms with Crippen LogP contribution in [-0.2, 0) is 10.1 Å². The van der Waals surface area contributed by atoms with Crippen molar-refractivity contribution in [3.8, 4) is 0 Å². The SMILES string of the molecule is O=S(=O)(O)C(F)(Br)Br. The molecule has 0 aromatic heterocycles. The zero-order chi connectivity index (χ0) is 7.00. The maximum Gasteiger partial charge on any atom is 0.341 e. The molecule has 0 aromatic carbocycles. The van der Waals surface area contributed by atoms with Crippen LogP contribution in [0.5, 0.6) is 0 Å². The Labute approximate surface area is 62.3 Å². The molecule has 0 amide bonds. The van der Waals surface area contributed by atoms with Crippen molar-refractivity contribution in [1.29, 1.82) is 0 Å². The molecule has 0 radical (unpaired) electrons. The van der Waals surface area contributed by atoms with Crippen molar-refractivity contribution in [3.63, 3.8) is 0 Å². The Balaban J connectivity index is 4.53. The Morgan fingerprint density at radius 1 is 1.50 bits per heavy atom. The minimum Gasteiger partial charge on any atom is -0.282 e. The second-order valence-corrected chi connectivity index (χ2v) is 6.73. The minimum atomic E-state index is -4.67. The van der Waals surface area contributed by atoms with Gasteiger partial charge in [0.15, 0.2) is 0 Å². The maximum atomic E-state index is 11.9. The molecule has 0 unspecified atom stereocenters. The maximum absolute atomic E-state index is 11.9. The first-order valence-corrected chi connectivity index (χ1v) is 4.31. The topological polar surface area (TPSA) is 54.4 Å². The van der Waals surface area contributed by atoms with Gasteiger partial charge in [-0.2, -0.15) is 12.8 Å². The summed E-state index contributed by atoms with van der Waals surface area (Å²) < 4.78 is 36.3. The molecule has 8 heavy (non-hydrogen) atoms. The minimum absolute atomic E-state index is 2.01. The molecular formula is CHBr2FO3S. The van der Waals surface area contributed by atoms with Gasteiger partial charge in [0.05, 0.1) is 0 Å². The summed E-state index contributed by atoms with van der Waals surface area (Å²) in [5.41, 5.74) is 0. The van der Waals surface area contributed by atoms with E-state index >= 15 is 0 Å². The average molecular weight is 272 g/mol. The highest BCUT2D eigenvalue weighted by molar-refractivity contribution is 9.27. The fraction of sp³-hybridized carbons (Fsp3) is 1.00. The second-order valence-electron chi connectivity index (χ2n) is 0.921. The lowest BCUT2D eigenvalue weighted by molar-refractivity contribution is 0.424. The van der Waals surface area contributed by atoms with Gasteiger partial charge in [-0.1, -0.05) is 0 Å². The summed E-state index contributed by atoms with van der Waals surface area (Å²) >= 11 is 4.02. The van der Waals surface area contributed by atoms with Crippen LogP contribution in [0.1, 0.15) is 0 Å². The number of hydrogen-bond donors (Lipinski definition) is 1. The van der Waals surface area contributed by atoms with Gasteiger partial charge in [0, 0.05) is 0 Å². The van der Waals surface area contributed by atoms with Crippen LogP contribution in [0.4, 0.5) is 4.39 Å². The van der Waals surface area contributed by atoms with Gasteiger partial charge in [-0.15, -0.1) is 0 Å². The van der Waals surface area contributed by atoms with E-state index < -0.39 is 12.9 Å². The van der Waals surface area contributed by atoms with Crippen molar-refractivity contribution in [3.05, 3.63) is 0 Å². The van der Waals surface area contributed by atoms with Crippen LogP contribution in [0, 0.1) is 0 Å². The van der Waals surface area contributed by atoms with Crippen LogP contribution in [0.3, 0.4) is 0 Å². The largest absolute Gasteiger partial charge is 0.341 e. The predicted octanol–water partition coefficient (Wildman–Crippen LogP) is 1.24. The van der Waals surface area contributed by atoms with E-state index in [0.29, 0.717) is 0 Å². The van der Waals surface area contributed by atoms with Crippen molar-refractivity contribution in [2.45, 2.75) is 2.82 Å². The van der Waals surface area contributed by atoms with E-state index in [2.05, 4.69) is 0 Å². The fourth-order valence-electron chi connectivity index (χ4n) is 0. The third kappa shape index (κ3) is 2.38. The third-order valence-corrected chi connectivity index (χ3v) is 3.33. The summed E-state index contributed by atoms with van der Waals surface area (Å²) in [5, 5.41) is 0. The van der Waals surface area contributed by atoms with E-state index in [-0.39, 0.29) is 0 Å². The van der Waals surface area contributed by atoms with Crippen LogP contribution >= 0.6 is 31.9 Å². The molecule has 0 saturated carbocycles. The summed E-state index contributed by atoms with van der Waals surface area (Å²) in [5.74, 6) is 0. The first-order chi connectivity index (χ1) is 3.25. The molecule has 0 bridgehead atoms. The Bertz CT molecular complexity index is 166. The molecule has 50 valence electrons. The summed E-state index contributed by atoms with van der Waals surface area (Å²) in [7, 11) is -4.67. The van der Waals surface area contributed by atoms with Crippen LogP contribution in [0.2, 0.25) is 0 Å². The molecule has 0 fully saturated rings. The van der Waals surface area contributed by atoms with E-state index in [9.17, 15) is 12.8 Å². The van der Waals surface area contributed by atoms with E-state index in [1.54, 1.807) is 0 Å². The molecule has 0 saturated heterocycles. The summed E-state index contributed by atoms with van der Waals surface area (Å²) in [4.78, 5) is 0. The monoisotopic (exact) mass is 270 g/mol. The number of alkyl halides is 3. The van der Waals surface area contributed by atoms with Crippen molar-refractivity contribution in [2.75, 3.05) is 0 Å².